The molecule has 1 rings (SSSR count). The molecule has 0 N–H and O–H groups in total. The van der Waals surface area contributed by atoms with Gasteiger partial charge < -0.3 is 9.47 Å². The van der Waals surface area contributed by atoms with Crippen molar-refractivity contribution in [3.05, 3.63) is 35.4 Å². The van der Waals surface area contributed by atoms with Crippen LogP contribution in [-0.4, -0.2) is 27.4 Å². The van der Waals surface area contributed by atoms with Gasteiger partial charge in [-0.3, -0.25) is 0 Å². The van der Waals surface area contributed by atoms with Crippen LogP contribution in [0.2, 0.25) is 24.7 Å². The van der Waals surface area contributed by atoms with Crippen LogP contribution in [0.25, 0.3) is 0 Å². The van der Waals surface area contributed by atoms with Crippen LogP contribution in [-0.2, 0) is 15.9 Å². The van der Waals surface area contributed by atoms with Crippen molar-refractivity contribution in [3.8, 4) is 0 Å². The lowest BCUT2D eigenvalue weighted by Crippen LogP contribution is -2.41. The third-order valence-electron chi connectivity index (χ3n) is 5.67. The zero-order valence-corrected chi connectivity index (χ0v) is 19.7. The zero-order chi connectivity index (χ0) is 20.0. The standard InChI is InChI=1S/C23H42O2Si/c1-18(2)13-14-20-11-10-12-21(17-20)22(23(5,6)26(7,8)9)25-16-15-24-19(3)4/h10-12,17-19,22H,13-16H2,1-9H3. The number of hydrogen-bond donors (Lipinski definition) is 0. The number of rotatable bonds is 11. The maximum absolute atomic E-state index is 6.46. The van der Waals surface area contributed by atoms with E-state index >= 15 is 0 Å². The summed E-state index contributed by atoms with van der Waals surface area (Å²) < 4.78 is 12.2. The molecule has 3 heteroatoms. The molecule has 0 amide bonds. The third-order valence-corrected chi connectivity index (χ3v) is 9.80. The molecule has 0 spiro atoms. The largest absolute Gasteiger partial charge is 0.376 e. The molecule has 0 saturated heterocycles. The van der Waals surface area contributed by atoms with E-state index in [-0.39, 0.29) is 17.2 Å². The highest BCUT2D eigenvalue weighted by Gasteiger charge is 2.43. The molecule has 1 aromatic rings. The Morgan fingerprint density at radius 3 is 2.12 bits per heavy atom. The summed E-state index contributed by atoms with van der Waals surface area (Å²) in [5.74, 6) is 0.734. The zero-order valence-electron chi connectivity index (χ0n) is 18.7. The van der Waals surface area contributed by atoms with Gasteiger partial charge in [0.1, 0.15) is 0 Å². The van der Waals surface area contributed by atoms with Crippen LogP contribution in [0.3, 0.4) is 0 Å². The summed E-state index contributed by atoms with van der Waals surface area (Å²) in [5.41, 5.74) is 2.75. The Hall–Kier alpha value is -0.643. The Bertz CT molecular complexity index is 529. The van der Waals surface area contributed by atoms with Gasteiger partial charge in [-0.15, -0.1) is 0 Å². The van der Waals surface area contributed by atoms with E-state index in [4.69, 9.17) is 9.47 Å². The fraction of sp³-hybridized carbons (Fsp3) is 0.739. The monoisotopic (exact) mass is 378 g/mol. The summed E-state index contributed by atoms with van der Waals surface area (Å²) in [6.07, 6.45) is 2.74. The molecule has 0 aliphatic rings. The smallest absolute Gasteiger partial charge is 0.0853 e. The maximum atomic E-state index is 6.46. The second-order valence-electron chi connectivity index (χ2n) is 9.82. The Morgan fingerprint density at radius 2 is 1.58 bits per heavy atom. The second kappa shape index (κ2) is 10.1. The predicted molar refractivity (Wildman–Crippen MR) is 117 cm³/mol. The van der Waals surface area contributed by atoms with Crippen molar-refractivity contribution in [1.82, 2.24) is 0 Å². The van der Waals surface area contributed by atoms with Crippen molar-refractivity contribution in [3.63, 3.8) is 0 Å². The van der Waals surface area contributed by atoms with E-state index in [9.17, 15) is 0 Å². The van der Waals surface area contributed by atoms with Crippen molar-refractivity contribution in [1.29, 1.82) is 0 Å². The second-order valence-corrected chi connectivity index (χ2v) is 15.6. The summed E-state index contributed by atoms with van der Waals surface area (Å²) in [6, 6.07) is 9.07. The van der Waals surface area contributed by atoms with Gasteiger partial charge in [-0.2, -0.15) is 0 Å². The van der Waals surface area contributed by atoms with Crippen LogP contribution in [0.1, 0.15) is 65.2 Å². The Kier molecular flexibility index (Phi) is 9.05. The highest BCUT2D eigenvalue weighted by molar-refractivity contribution is 6.79. The molecular formula is C23H42O2Si. The highest BCUT2D eigenvalue weighted by Crippen LogP contribution is 2.50. The first-order valence-electron chi connectivity index (χ1n) is 10.3. The van der Waals surface area contributed by atoms with Gasteiger partial charge in [-0.1, -0.05) is 71.6 Å². The van der Waals surface area contributed by atoms with Crippen molar-refractivity contribution >= 4 is 8.07 Å². The van der Waals surface area contributed by atoms with Crippen molar-refractivity contribution < 1.29 is 9.47 Å². The number of benzene rings is 1. The van der Waals surface area contributed by atoms with E-state index in [1.807, 2.05) is 0 Å². The number of ether oxygens (including phenoxy) is 2. The third kappa shape index (κ3) is 7.17. The van der Waals surface area contributed by atoms with Crippen molar-refractivity contribution in [2.45, 2.75) is 91.3 Å². The first kappa shape index (κ1) is 23.4. The van der Waals surface area contributed by atoms with Gasteiger partial charge in [0.05, 0.1) is 33.5 Å². The van der Waals surface area contributed by atoms with E-state index in [2.05, 4.69) is 85.4 Å². The summed E-state index contributed by atoms with van der Waals surface area (Å²) >= 11 is 0. The molecule has 0 saturated carbocycles. The molecule has 0 radical (unpaired) electrons. The van der Waals surface area contributed by atoms with Crippen molar-refractivity contribution in [2.75, 3.05) is 13.2 Å². The lowest BCUT2D eigenvalue weighted by atomic mass is 9.94. The van der Waals surface area contributed by atoms with Gasteiger partial charge in [-0.05, 0) is 48.8 Å². The molecule has 0 heterocycles. The molecule has 150 valence electrons. The predicted octanol–water partition coefficient (Wildman–Crippen LogP) is 6.88. The first-order valence-corrected chi connectivity index (χ1v) is 13.8. The average Bonchev–Trinajstić information content (AvgIpc) is 2.51. The SMILES string of the molecule is CC(C)CCc1cccc(C(OCCOC(C)C)C(C)(C)[Si](C)(C)C)c1. The molecule has 0 aliphatic carbocycles. The fourth-order valence-corrected chi connectivity index (χ4v) is 3.97. The molecule has 1 aromatic carbocycles. The number of hydrogen-bond acceptors (Lipinski definition) is 2. The fourth-order valence-electron chi connectivity index (χ4n) is 2.93. The molecule has 0 aliphatic heterocycles. The summed E-state index contributed by atoms with van der Waals surface area (Å²) in [4.78, 5) is 0. The molecule has 0 fully saturated rings. The lowest BCUT2D eigenvalue weighted by molar-refractivity contribution is -0.0275. The number of aryl methyl sites for hydroxylation is 1. The maximum Gasteiger partial charge on any atom is 0.0853 e. The van der Waals surface area contributed by atoms with Crippen LogP contribution in [0.4, 0.5) is 0 Å². The van der Waals surface area contributed by atoms with Gasteiger partial charge in [0.2, 0.25) is 0 Å². The quantitative estimate of drug-likeness (QED) is 0.309. The summed E-state index contributed by atoms with van der Waals surface area (Å²) in [7, 11) is -1.43. The molecule has 1 atom stereocenters. The average molecular weight is 379 g/mol. The van der Waals surface area contributed by atoms with E-state index in [1.165, 1.54) is 17.5 Å². The van der Waals surface area contributed by atoms with Gasteiger partial charge in [-0.25, -0.2) is 0 Å². The molecule has 2 nitrogen and oxygen atoms in total. The van der Waals surface area contributed by atoms with E-state index < -0.39 is 8.07 Å². The Balaban J connectivity index is 3.02. The Labute approximate surface area is 163 Å². The molecule has 26 heavy (non-hydrogen) atoms. The van der Waals surface area contributed by atoms with Crippen LogP contribution in [0.15, 0.2) is 24.3 Å². The lowest BCUT2D eigenvalue weighted by Gasteiger charge is -2.44. The van der Waals surface area contributed by atoms with Crippen LogP contribution >= 0.6 is 0 Å². The van der Waals surface area contributed by atoms with Gasteiger partial charge >= 0.3 is 0 Å². The van der Waals surface area contributed by atoms with E-state index in [0.717, 1.165) is 12.3 Å². The van der Waals surface area contributed by atoms with E-state index in [0.29, 0.717) is 13.2 Å². The van der Waals surface area contributed by atoms with Gasteiger partial charge in [0.25, 0.3) is 0 Å². The van der Waals surface area contributed by atoms with Crippen LogP contribution < -0.4 is 0 Å². The van der Waals surface area contributed by atoms with Crippen molar-refractivity contribution in [2.24, 2.45) is 5.92 Å². The summed E-state index contributed by atoms with van der Waals surface area (Å²) in [6.45, 7) is 22.1. The normalized spacial score (nSPS) is 14.3. The molecule has 1 unspecified atom stereocenters. The Morgan fingerprint density at radius 1 is 0.962 bits per heavy atom. The van der Waals surface area contributed by atoms with Crippen LogP contribution in [0.5, 0.6) is 0 Å². The van der Waals surface area contributed by atoms with Gasteiger partial charge in [0, 0.05) is 0 Å². The topological polar surface area (TPSA) is 18.5 Å². The minimum absolute atomic E-state index is 0.115. The van der Waals surface area contributed by atoms with E-state index in [1.54, 1.807) is 0 Å². The summed E-state index contributed by atoms with van der Waals surface area (Å²) in [5, 5.41) is 0.140. The van der Waals surface area contributed by atoms with Gasteiger partial charge in [0.15, 0.2) is 0 Å². The molecular weight excluding hydrogens is 336 g/mol. The minimum atomic E-state index is -1.43. The highest BCUT2D eigenvalue weighted by atomic mass is 28.3. The minimum Gasteiger partial charge on any atom is -0.376 e. The first-order chi connectivity index (χ1) is 11.9. The molecule has 0 bridgehead atoms. The van der Waals surface area contributed by atoms with Crippen LogP contribution in [0, 0.1) is 5.92 Å². The molecule has 0 aromatic heterocycles.